The Labute approximate surface area is 183 Å². The lowest BCUT2D eigenvalue weighted by Gasteiger charge is -2.08. The summed E-state index contributed by atoms with van der Waals surface area (Å²) in [6.45, 7) is 2.32. The third-order valence-corrected chi connectivity index (χ3v) is 5.20. The van der Waals surface area contributed by atoms with Crippen LogP contribution in [0.25, 0.3) is 10.9 Å². The van der Waals surface area contributed by atoms with Crippen molar-refractivity contribution in [3.8, 4) is 5.75 Å². The Kier molecular flexibility index (Phi) is 5.79. The molecule has 1 aromatic heterocycles. The summed E-state index contributed by atoms with van der Waals surface area (Å²) in [4.78, 5) is 12.3. The van der Waals surface area contributed by atoms with Gasteiger partial charge in [0.05, 0.1) is 15.6 Å². The highest BCUT2D eigenvalue weighted by Crippen LogP contribution is 2.27. The Morgan fingerprint density at radius 1 is 1.00 bits per heavy atom. The number of rotatable bonds is 5. The third-order valence-electron chi connectivity index (χ3n) is 4.47. The number of hydrogen-bond acceptors (Lipinski definition) is 3. The van der Waals surface area contributed by atoms with Crippen LogP contribution < -0.4 is 15.4 Å². The van der Waals surface area contributed by atoms with Crippen LogP contribution in [0.15, 0.2) is 60.7 Å². The molecule has 4 rings (SSSR count). The minimum absolute atomic E-state index is 0.330. The van der Waals surface area contributed by atoms with Gasteiger partial charge in [-0.15, -0.1) is 0 Å². The van der Waals surface area contributed by atoms with Gasteiger partial charge in [-0.2, -0.15) is 5.10 Å². The third kappa shape index (κ3) is 4.67. The summed E-state index contributed by atoms with van der Waals surface area (Å²) in [5.41, 5.74) is 3.49. The van der Waals surface area contributed by atoms with E-state index in [1.165, 1.54) is 0 Å². The van der Waals surface area contributed by atoms with Crippen LogP contribution in [0.1, 0.15) is 11.1 Å². The number of carbonyl (C=O) groups is 1. The number of aromatic amines is 1. The minimum Gasteiger partial charge on any atom is -0.489 e. The molecule has 30 heavy (non-hydrogen) atoms. The molecule has 8 heteroatoms. The highest BCUT2D eigenvalue weighted by Gasteiger charge is 2.11. The quantitative estimate of drug-likeness (QED) is 0.335. The summed E-state index contributed by atoms with van der Waals surface area (Å²) in [6, 6.07) is 18.0. The Morgan fingerprint density at radius 3 is 2.57 bits per heavy atom. The highest BCUT2D eigenvalue weighted by molar-refractivity contribution is 6.42. The van der Waals surface area contributed by atoms with Gasteiger partial charge in [-0.1, -0.05) is 47.0 Å². The van der Waals surface area contributed by atoms with Gasteiger partial charge in [-0.05, 0) is 55.0 Å². The number of urea groups is 1. The van der Waals surface area contributed by atoms with Crippen molar-refractivity contribution < 1.29 is 9.53 Å². The van der Waals surface area contributed by atoms with Gasteiger partial charge in [0.2, 0.25) is 0 Å². The van der Waals surface area contributed by atoms with Gasteiger partial charge in [-0.3, -0.25) is 10.4 Å². The summed E-state index contributed by atoms with van der Waals surface area (Å²) in [6.07, 6.45) is 0. The second-order valence-corrected chi connectivity index (χ2v) is 7.58. The Morgan fingerprint density at radius 2 is 1.80 bits per heavy atom. The van der Waals surface area contributed by atoms with Gasteiger partial charge in [0, 0.05) is 11.1 Å². The van der Waals surface area contributed by atoms with E-state index in [9.17, 15) is 4.79 Å². The second kappa shape index (κ2) is 8.65. The van der Waals surface area contributed by atoms with Crippen LogP contribution in [0.2, 0.25) is 10.0 Å². The maximum absolute atomic E-state index is 12.3. The first-order valence-electron chi connectivity index (χ1n) is 9.17. The zero-order valence-corrected chi connectivity index (χ0v) is 17.5. The smallest absolute Gasteiger partial charge is 0.324 e. The van der Waals surface area contributed by atoms with E-state index in [-0.39, 0.29) is 6.03 Å². The number of aromatic nitrogens is 2. The summed E-state index contributed by atoms with van der Waals surface area (Å²) in [5.74, 6) is 1.05. The van der Waals surface area contributed by atoms with E-state index in [1.807, 2.05) is 55.5 Å². The fraction of sp³-hybridized carbons (Fsp3) is 0.0909. The monoisotopic (exact) mass is 440 g/mol. The van der Waals surface area contributed by atoms with E-state index in [0.29, 0.717) is 33.9 Å². The van der Waals surface area contributed by atoms with Crippen molar-refractivity contribution in [1.82, 2.24) is 10.2 Å². The van der Waals surface area contributed by atoms with E-state index < -0.39 is 0 Å². The molecular formula is C22H18Cl2N4O2. The molecule has 1 heterocycles. The van der Waals surface area contributed by atoms with E-state index in [1.54, 1.807) is 12.1 Å². The summed E-state index contributed by atoms with van der Waals surface area (Å²) in [7, 11) is 0. The molecule has 0 saturated carbocycles. The molecular weight excluding hydrogens is 423 g/mol. The van der Waals surface area contributed by atoms with Crippen molar-refractivity contribution in [1.29, 1.82) is 0 Å². The number of H-pyrrole nitrogens is 1. The lowest BCUT2D eigenvalue weighted by atomic mass is 10.2. The van der Waals surface area contributed by atoms with Crippen LogP contribution in [0, 0.1) is 6.92 Å². The molecule has 0 aliphatic rings. The number of benzene rings is 3. The number of aryl methyl sites for hydroxylation is 1. The van der Waals surface area contributed by atoms with Crippen LogP contribution in [-0.2, 0) is 6.61 Å². The van der Waals surface area contributed by atoms with Crippen LogP contribution in [0.4, 0.5) is 16.3 Å². The van der Waals surface area contributed by atoms with E-state index >= 15 is 0 Å². The van der Waals surface area contributed by atoms with Crippen molar-refractivity contribution in [3.63, 3.8) is 0 Å². The van der Waals surface area contributed by atoms with Gasteiger partial charge < -0.3 is 10.1 Å². The van der Waals surface area contributed by atoms with Crippen LogP contribution in [0.3, 0.4) is 0 Å². The van der Waals surface area contributed by atoms with Crippen LogP contribution in [-0.4, -0.2) is 16.2 Å². The normalized spacial score (nSPS) is 10.8. The Bertz CT molecular complexity index is 1210. The number of nitrogens with zero attached hydrogens (tertiary/aromatic N) is 1. The second-order valence-electron chi connectivity index (χ2n) is 6.76. The molecule has 0 fully saturated rings. The number of halogens is 2. The van der Waals surface area contributed by atoms with Crippen molar-refractivity contribution in [2.24, 2.45) is 0 Å². The molecule has 0 saturated heterocycles. The van der Waals surface area contributed by atoms with Crippen molar-refractivity contribution >= 4 is 51.6 Å². The van der Waals surface area contributed by atoms with Gasteiger partial charge in [0.25, 0.3) is 0 Å². The average molecular weight is 441 g/mol. The van der Waals surface area contributed by atoms with E-state index in [2.05, 4.69) is 20.8 Å². The molecule has 0 aliphatic carbocycles. The fourth-order valence-electron chi connectivity index (χ4n) is 2.88. The molecule has 3 N–H and O–H groups in total. The summed E-state index contributed by atoms with van der Waals surface area (Å²) < 4.78 is 5.86. The zero-order chi connectivity index (χ0) is 21.1. The first-order chi connectivity index (χ1) is 14.5. The maximum Gasteiger partial charge on any atom is 0.324 e. The lowest BCUT2D eigenvalue weighted by molar-refractivity contribution is 0.262. The average Bonchev–Trinajstić information content (AvgIpc) is 3.12. The predicted octanol–water partition coefficient (Wildman–Crippen LogP) is 6.40. The topological polar surface area (TPSA) is 79.0 Å². The summed E-state index contributed by atoms with van der Waals surface area (Å²) in [5, 5.41) is 14.4. The number of hydrogen-bond donors (Lipinski definition) is 3. The highest BCUT2D eigenvalue weighted by atomic mass is 35.5. The SMILES string of the molecule is Cc1ccc(NC(=O)Nc2n[nH]c3ccc(OCc4ccc(Cl)c(Cl)c4)cc23)cc1. The largest absolute Gasteiger partial charge is 0.489 e. The van der Waals surface area contributed by atoms with Crippen molar-refractivity contribution in [2.45, 2.75) is 13.5 Å². The molecule has 0 radical (unpaired) electrons. The molecule has 6 nitrogen and oxygen atoms in total. The number of carbonyl (C=O) groups excluding carboxylic acids is 1. The standard InChI is InChI=1S/C22H18Cl2N4O2/c1-13-2-5-15(6-3-13)25-22(29)26-21-17-11-16(7-9-20(17)27-28-21)30-12-14-4-8-18(23)19(24)10-14/h2-11H,12H2,1H3,(H3,25,26,27,28,29). The number of ether oxygens (including phenoxy) is 1. The molecule has 4 aromatic rings. The van der Waals surface area contributed by atoms with Gasteiger partial charge in [0.15, 0.2) is 5.82 Å². The van der Waals surface area contributed by atoms with Crippen LogP contribution >= 0.6 is 23.2 Å². The van der Waals surface area contributed by atoms with Gasteiger partial charge in [0.1, 0.15) is 12.4 Å². The summed E-state index contributed by atoms with van der Waals surface area (Å²) >= 11 is 12.0. The Hall–Kier alpha value is -3.22. The first-order valence-corrected chi connectivity index (χ1v) is 9.93. The number of nitrogens with one attached hydrogen (secondary N) is 3. The number of anilines is 2. The van der Waals surface area contributed by atoms with Crippen molar-refractivity contribution in [2.75, 3.05) is 10.6 Å². The molecule has 2 amide bonds. The number of amides is 2. The molecule has 0 bridgehead atoms. The maximum atomic E-state index is 12.3. The first kappa shape index (κ1) is 20.1. The molecule has 0 unspecified atom stereocenters. The molecule has 0 spiro atoms. The minimum atomic E-state index is -0.380. The molecule has 0 atom stereocenters. The van der Waals surface area contributed by atoms with Gasteiger partial charge in [-0.25, -0.2) is 4.79 Å². The molecule has 152 valence electrons. The van der Waals surface area contributed by atoms with Gasteiger partial charge >= 0.3 is 6.03 Å². The Balaban J connectivity index is 1.46. The van der Waals surface area contributed by atoms with E-state index in [4.69, 9.17) is 27.9 Å². The van der Waals surface area contributed by atoms with Crippen molar-refractivity contribution in [3.05, 3.63) is 81.8 Å². The van der Waals surface area contributed by atoms with E-state index in [0.717, 1.165) is 22.0 Å². The predicted molar refractivity (Wildman–Crippen MR) is 121 cm³/mol. The lowest BCUT2D eigenvalue weighted by Crippen LogP contribution is -2.19. The number of fused-ring (bicyclic) bond motifs is 1. The zero-order valence-electron chi connectivity index (χ0n) is 16.0. The molecule has 3 aromatic carbocycles. The fourth-order valence-corrected chi connectivity index (χ4v) is 3.20. The molecule has 0 aliphatic heterocycles. The van der Waals surface area contributed by atoms with Crippen LogP contribution in [0.5, 0.6) is 5.75 Å².